The minimum absolute atomic E-state index is 0.0421. The highest BCUT2D eigenvalue weighted by atomic mass is 16.5. The van der Waals surface area contributed by atoms with Crippen molar-refractivity contribution >= 4 is 11.7 Å². The van der Waals surface area contributed by atoms with Crippen LogP contribution in [-0.2, 0) is 0 Å². The number of piperazine rings is 1. The third-order valence-electron chi connectivity index (χ3n) is 6.22. The molecule has 1 atom stereocenters. The van der Waals surface area contributed by atoms with Crippen molar-refractivity contribution in [2.75, 3.05) is 57.8 Å². The van der Waals surface area contributed by atoms with Crippen molar-refractivity contribution < 1.29 is 9.53 Å². The number of hydrogen-bond acceptors (Lipinski definition) is 4. The number of hydrogen-bond donors (Lipinski definition) is 1. The maximum atomic E-state index is 12.9. The maximum Gasteiger partial charge on any atom is 0.317 e. The topological polar surface area (TPSA) is 48.1 Å². The molecule has 2 saturated heterocycles. The SMILES string of the molecule is COc1ccc([C@@H](CNC(=O)N2CCN(c3ccccc3)CC2)N2CCCC2)cc1. The average Bonchev–Trinajstić information content (AvgIpc) is 3.35. The molecular weight excluding hydrogens is 376 g/mol. The van der Waals surface area contributed by atoms with Crippen LogP contribution in [0.25, 0.3) is 0 Å². The van der Waals surface area contributed by atoms with Gasteiger partial charge in [-0.3, -0.25) is 4.90 Å². The van der Waals surface area contributed by atoms with Crippen LogP contribution in [0.3, 0.4) is 0 Å². The van der Waals surface area contributed by atoms with Crippen molar-refractivity contribution in [3.63, 3.8) is 0 Å². The van der Waals surface area contributed by atoms with Gasteiger partial charge in [0.1, 0.15) is 5.75 Å². The molecule has 1 N–H and O–H groups in total. The molecular formula is C24H32N4O2. The molecule has 6 nitrogen and oxygen atoms in total. The lowest BCUT2D eigenvalue weighted by atomic mass is 10.1. The predicted octanol–water partition coefficient (Wildman–Crippen LogP) is 3.36. The number of carbonyl (C=O) groups excluding carboxylic acids is 1. The number of methoxy groups -OCH3 is 1. The Morgan fingerprint density at radius 3 is 2.23 bits per heavy atom. The fourth-order valence-electron chi connectivity index (χ4n) is 4.44. The van der Waals surface area contributed by atoms with E-state index in [1.54, 1.807) is 7.11 Å². The molecule has 2 fully saturated rings. The summed E-state index contributed by atoms with van der Waals surface area (Å²) < 4.78 is 5.30. The van der Waals surface area contributed by atoms with Gasteiger partial charge in [0.25, 0.3) is 0 Å². The minimum atomic E-state index is 0.0421. The fraction of sp³-hybridized carbons (Fsp3) is 0.458. The third kappa shape index (κ3) is 4.87. The van der Waals surface area contributed by atoms with E-state index in [4.69, 9.17) is 4.74 Å². The molecule has 0 saturated carbocycles. The standard InChI is InChI=1S/C24H32N4O2/c1-30-22-11-9-20(10-12-22)23(27-13-5-6-14-27)19-25-24(29)28-17-15-26(16-18-28)21-7-3-2-4-8-21/h2-4,7-12,23H,5-6,13-19H2,1H3,(H,25,29)/t23-/m1/s1. The summed E-state index contributed by atoms with van der Waals surface area (Å²) in [5.41, 5.74) is 2.46. The summed E-state index contributed by atoms with van der Waals surface area (Å²) in [6.07, 6.45) is 2.45. The molecule has 30 heavy (non-hydrogen) atoms. The van der Waals surface area contributed by atoms with Crippen LogP contribution in [0.4, 0.5) is 10.5 Å². The van der Waals surface area contributed by atoms with E-state index in [0.717, 1.165) is 45.0 Å². The van der Waals surface area contributed by atoms with E-state index < -0.39 is 0 Å². The molecule has 2 aliphatic heterocycles. The zero-order valence-corrected chi connectivity index (χ0v) is 17.8. The monoisotopic (exact) mass is 408 g/mol. The molecule has 2 aromatic rings. The van der Waals surface area contributed by atoms with Crippen molar-refractivity contribution in [3.05, 3.63) is 60.2 Å². The van der Waals surface area contributed by atoms with E-state index >= 15 is 0 Å². The number of rotatable bonds is 6. The van der Waals surface area contributed by atoms with Crippen molar-refractivity contribution in [1.82, 2.24) is 15.1 Å². The second-order valence-electron chi connectivity index (χ2n) is 8.03. The Hall–Kier alpha value is -2.73. The zero-order valence-electron chi connectivity index (χ0n) is 17.8. The molecule has 160 valence electrons. The van der Waals surface area contributed by atoms with Crippen molar-refractivity contribution in [1.29, 1.82) is 0 Å². The smallest absolute Gasteiger partial charge is 0.317 e. The van der Waals surface area contributed by atoms with Gasteiger partial charge < -0.3 is 19.9 Å². The van der Waals surface area contributed by atoms with E-state index in [-0.39, 0.29) is 12.1 Å². The van der Waals surface area contributed by atoms with Crippen LogP contribution < -0.4 is 15.0 Å². The number of anilines is 1. The first-order chi connectivity index (χ1) is 14.7. The molecule has 2 aromatic carbocycles. The van der Waals surface area contributed by atoms with Crippen LogP contribution in [0.2, 0.25) is 0 Å². The number of likely N-dealkylation sites (tertiary alicyclic amines) is 1. The van der Waals surface area contributed by atoms with E-state index in [1.807, 2.05) is 23.1 Å². The quantitative estimate of drug-likeness (QED) is 0.796. The molecule has 2 heterocycles. The molecule has 2 amide bonds. The molecule has 0 aromatic heterocycles. The molecule has 0 unspecified atom stereocenters. The lowest BCUT2D eigenvalue weighted by Crippen LogP contribution is -2.52. The van der Waals surface area contributed by atoms with Crippen molar-refractivity contribution in [2.24, 2.45) is 0 Å². The number of para-hydroxylation sites is 1. The number of nitrogens with zero attached hydrogens (tertiary/aromatic N) is 3. The Balaban J connectivity index is 1.33. The highest BCUT2D eigenvalue weighted by molar-refractivity contribution is 5.74. The number of benzene rings is 2. The van der Waals surface area contributed by atoms with Gasteiger partial charge in [0.05, 0.1) is 13.2 Å². The highest BCUT2D eigenvalue weighted by Crippen LogP contribution is 2.26. The van der Waals surface area contributed by atoms with E-state index in [1.165, 1.54) is 24.1 Å². The van der Waals surface area contributed by atoms with Gasteiger partial charge in [-0.1, -0.05) is 30.3 Å². The second kappa shape index (κ2) is 9.85. The third-order valence-corrected chi connectivity index (χ3v) is 6.22. The van der Waals surface area contributed by atoms with Gasteiger partial charge in [-0.25, -0.2) is 4.79 Å². The van der Waals surface area contributed by atoms with Gasteiger partial charge in [-0.2, -0.15) is 0 Å². The lowest BCUT2D eigenvalue weighted by Gasteiger charge is -2.36. The van der Waals surface area contributed by atoms with Crippen molar-refractivity contribution in [2.45, 2.75) is 18.9 Å². The normalized spacial score (nSPS) is 18.3. The van der Waals surface area contributed by atoms with Crippen LogP contribution in [0.1, 0.15) is 24.4 Å². The molecule has 0 radical (unpaired) electrons. The summed E-state index contributed by atoms with van der Waals surface area (Å²) in [5.74, 6) is 0.860. The summed E-state index contributed by atoms with van der Waals surface area (Å²) in [5, 5.41) is 3.21. The molecule has 4 rings (SSSR count). The first kappa shape index (κ1) is 20.5. The molecule has 2 aliphatic rings. The second-order valence-corrected chi connectivity index (χ2v) is 8.03. The van der Waals surface area contributed by atoms with Crippen LogP contribution in [0, 0.1) is 0 Å². The Kier molecular flexibility index (Phi) is 6.74. The fourth-order valence-corrected chi connectivity index (χ4v) is 4.44. The van der Waals surface area contributed by atoms with E-state index in [9.17, 15) is 4.79 Å². The van der Waals surface area contributed by atoms with Crippen LogP contribution in [0.15, 0.2) is 54.6 Å². The maximum absolute atomic E-state index is 12.9. The molecule has 0 bridgehead atoms. The van der Waals surface area contributed by atoms with Crippen LogP contribution in [0.5, 0.6) is 5.75 Å². The van der Waals surface area contributed by atoms with Gasteiger partial charge in [-0.05, 0) is 55.8 Å². The number of ether oxygens (including phenoxy) is 1. The largest absolute Gasteiger partial charge is 0.497 e. The Labute approximate surface area is 179 Å². The van der Waals surface area contributed by atoms with Crippen LogP contribution >= 0.6 is 0 Å². The zero-order chi connectivity index (χ0) is 20.8. The summed E-state index contributed by atoms with van der Waals surface area (Å²) in [6.45, 7) is 6.03. The number of urea groups is 1. The Morgan fingerprint density at radius 1 is 0.933 bits per heavy atom. The Morgan fingerprint density at radius 2 is 1.60 bits per heavy atom. The summed E-state index contributed by atoms with van der Waals surface area (Å²) >= 11 is 0. The van der Waals surface area contributed by atoms with Crippen LogP contribution in [-0.4, -0.2) is 68.8 Å². The number of carbonyl (C=O) groups is 1. The van der Waals surface area contributed by atoms with Gasteiger partial charge in [0, 0.05) is 38.4 Å². The summed E-state index contributed by atoms with van der Waals surface area (Å²) in [4.78, 5) is 19.6. The Bertz CT molecular complexity index is 798. The van der Waals surface area contributed by atoms with Gasteiger partial charge in [-0.15, -0.1) is 0 Å². The first-order valence-electron chi connectivity index (χ1n) is 11.0. The predicted molar refractivity (Wildman–Crippen MR) is 120 cm³/mol. The van der Waals surface area contributed by atoms with E-state index in [2.05, 4.69) is 51.5 Å². The van der Waals surface area contributed by atoms with Gasteiger partial charge in [0.15, 0.2) is 0 Å². The first-order valence-corrected chi connectivity index (χ1v) is 11.0. The summed E-state index contributed by atoms with van der Waals surface area (Å²) in [7, 11) is 1.69. The molecule has 6 heteroatoms. The minimum Gasteiger partial charge on any atom is -0.497 e. The lowest BCUT2D eigenvalue weighted by molar-refractivity contribution is 0.185. The highest BCUT2D eigenvalue weighted by Gasteiger charge is 2.26. The average molecular weight is 409 g/mol. The summed E-state index contributed by atoms with van der Waals surface area (Å²) in [6, 6.07) is 18.9. The van der Waals surface area contributed by atoms with E-state index in [0.29, 0.717) is 6.54 Å². The van der Waals surface area contributed by atoms with Gasteiger partial charge >= 0.3 is 6.03 Å². The number of amides is 2. The van der Waals surface area contributed by atoms with Crippen molar-refractivity contribution in [3.8, 4) is 5.75 Å². The number of nitrogens with one attached hydrogen (secondary N) is 1. The molecule has 0 aliphatic carbocycles. The van der Waals surface area contributed by atoms with Gasteiger partial charge in [0.2, 0.25) is 0 Å². The molecule has 0 spiro atoms.